The number of hydrogen-bond donors (Lipinski definition) is 1. The molecule has 1 fully saturated rings. The summed E-state index contributed by atoms with van der Waals surface area (Å²) in [6.45, 7) is 3.49. The summed E-state index contributed by atoms with van der Waals surface area (Å²) in [5.74, 6) is 1.19. The number of hydrogen-bond acceptors (Lipinski definition) is 4. The van der Waals surface area contributed by atoms with Crippen LogP contribution in [-0.2, 0) is 9.84 Å². The van der Waals surface area contributed by atoms with E-state index >= 15 is 0 Å². The van der Waals surface area contributed by atoms with Gasteiger partial charge in [0.25, 0.3) is 0 Å². The number of ether oxygens (including phenoxy) is 1. The van der Waals surface area contributed by atoms with Crippen LogP contribution >= 0.6 is 0 Å². The van der Waals surface area contributed by atoms with E-state index in [9.17, 15) is 8.42 Å². The Bertz CT molecular complexity index is 574. The van der Waals surface area contributed by atoms with Crippen LogP contribution < -0.4 is 10.1 Å². The monoisotopic (exact) mass is 325 g/mol. The first-order valence-corrected chi connectivity index (χ1v) is 9.81. The summed E-state index contributed by atoms with van der Waals surface area (Å²) in [5.41, 5.74) is 1.23. The first-order chi connectivity index (χ1) is 10.4. The van der Waals surface area contributed by atoms with Gasteiger partial charge in [-0.1, -0.05) is 31.9 Å². The van der Waals surface area contributed by atoms with Crippen molar-refractivity contribution in [1.82, 2.24) is 5.32 Å². The molecule has 4 nitrogen and oxygen atoms in total. The highest BCUT2D eigenvalue weighted by Gasteiger charge is 2.42. The Labute approximate surface area is 134 Å². The van der Waals surface area contributed by atoms with Crippen molar-refractivity contribution < 1.29 is 13.2 Å². The molecule has 1 unspecified atom stereocenters. The number of sulfone groups is 1. The second kappa shape index (κ2) is 7.01. The molecule has 1 N–H and O–H groups in total. The summed E-state index contributed by atoms with van der Waals surface area (Å²) < 4.78 is 28.9. The first kappa shape index (κ1) is 17.3. The molecule has 0 bridgehead atoms. The fraction of sp³-hybridized carbons (Fsp3) is 0.647. The van der Waals surface area contributed by atoms with E-state index in [0.717, 1.165) is 38.0 Å². The van der Waals surface area contributed by atoms with Crippen LogP contribution in [0.3, 0.4) is 0 Å². The molecule has 1 aromatic rings. The molecule has 1 aromatic carbocycles. The maximum atomic E-state index is 12.1. The lowest BCUT2D eigenvalue weighted by molar-refractivity contribution is 0.414. The number of benzene rings is 1. The van der Waals surface area contributed by atoms with Gasteiger partial charge in [0.1, 0.15) is 5.75 Å². The minimum Gasteiger partial charge on any atom is -0.497 e. The van der Waals surface area contributed by atoms with Gasteiger partial charge in [0.05, 0.1) is 11.9 Å². The second-order valence-corrected chi connectivity index (χ2v) is 8.88. The van der Waals surface area contributed by atoms with Crippen LogP contribution in [0, 0.1) is 0 Å². The smallest absolute Gasteiger partial charge is 0.154 e. The molecule has 0 amide bonds. The molecule has 0 aromatic heterocycles. The molecule has 1 saturated carbocycles. The van der Waals surface area contributed by atoms with Crippen molar-refractivity contribution in [3.8, 4) is 5.75 Å². The van der Waals surface area contributed by atoms with Gasteiger partial charge < -0.3 is 10.1 Å². The predicted octanol–water partition coefficient (Wildman–Crippen LogP) is 2.75. The highest BCUT2D eigenvalue weighted by molar-refractivity contribution is 7.92. The van der Waals surface area contributed by atoms with Crippen molar-refractivity contribution in [2.45, 2.75) is 43.3 Å². The predicted molar refractivity (Wildman–Crippen MR) is 90.3 cm³/mol. The maximum absolute atomic E-state index is 12.1. The molecule has 22 heavy (non-hydrogen) atoms. The molecule has 1 aliphatic rings. The Morgan fingerprint density at radius 2 is 1.82 bits per heavy atom. The minimum absolute atomic E-state index is 0.337. The summed E-state index contributed by atoms with van der Waals surface area (Å²) in [5, 5.41) is 3.39. The Morgan fingerprint density at radius 1 is 1.23 bits per heavy atom. The molecule has 0 aliphatic heterocycles. The molecule has 0 saturated heterocycles. The average molecular weight is 325 g/mol. The first-order valence-electron chi connectivity index (χ1n) is 7.92. The Balaban J connectivity index is 1.91. The SMILES string of the molecule is COc1ccc(C(C)CNCC2(S(C)(=O)=O)CCCC2)cc1. The number of nitrogens with one attached hydrogen (secondary N) is 1. The van der Waals surface area contributed by atoms with E-state index in [2.05, 4.69) is 24.4 Å². The van der Waals surface area contributed by atoms with Gasteiger partial charge in [0.15, 0.2) is 9.84 Å². The Kier molecular flexibility index (Phi) is 5.50. The van der Waals surface area contributed by atoms with Crippen LogP contribution in [0.1, 0.15) is 44.1 Å². The van der Waals surface area contributed by atoms with Gasteiger partial charge in [-0.2, -0.15) is 0 Å². The van der Waals surface area contributed by atoms with Crippen LogP contribution in [0.15, 0.2) is 24.3 Å². The van der Waals surface area contributed by atoms with Gasteiger partial charge in [0, 0.05) is 19.3 Å². The topological polar surface area (TPSA) is 55.4 Å². The molecule has 2 rings (SSSR count). The van der Waals surface area contributed by atoms with Crippen LogP contribution in [0.5, 0.6) is 5.75 Å². The highest BCUT2D eigenvalue weighted by Crippen LogP contribution is 2.36. The molecule has 1 atom stereocenters. The lowest BCUT2D eigenvalue weighted by atomic mass is 10.0. The van der Waals surface area contributed by atoms with E-state index in [0.29, 0.717) is 12.5 Å². The molecular weight excluding hydrogens is 298 g/mol. The summed E-state index contributed by atoms with van der Waals surface area (Å²) >= 11 is 0. The summed E-state index contributed by atoms with van der Waals surface area (Å²) in [6, 6.07) is 8.04. The fourth-order valence-electron chi connectivity index (χ4n) is 3.26. The van der Waals surface area contributed by atoms with E-state index in [-0.39, 0.29) is 0 Å². The summed E-state index contributed by atoms with van der Waals surface area (Å²) in [7, 11) is -1.36. The minimum atomic E-state index is -3.01. The van der Waals surface area contributed by atoms with Crippen molar-refractivity contribution in [1.29, 1.82) is 0 Å². The van der Waals surface area contributed by atoms with E-state index in [4.69, 9.17) is 4.74 Å². The largest absolute Gasteiger partial charge is 0.497 e. The third-order valence-electron chi connectivity index (χ3n) is 4.88. The van der Waals surface area contributed by atoms with Gasteiger partial charge in [-0.05, 0) is 36.5 Å². The number of methoxy groups -OCH3 is 1. The van der Waals surface area contributed by atoms with Crippen LogP contribution in [-0.4, -0.2) is 39.6 Å². The average Bonchev–Trinajstić information content (AvgIpc) is 2.97. The van der Waals surface area contributed by atoms with Crippen molar-refractivity contribution in [2.75, 3.05) is 26.5 Å². The summed E-state index contributed by atoms with van der Waals surface area (Å²) in [4.78, 5) is 0. The molecule has 5 heteroatoms. The molecule has 0 heterocycles. The zero-order chi connectivity index (χ0) is 16.2. The molecule has 0 radical (unpaired) electrons. The van der Waals surface area contributed by atoms with Gasteiger partial charge in [-0.3, -0.25) is 0 Å². The normalized spacial score (nSPS) is 19.0. The van der Waals surface area contributed by atoms with Gasteiger partial charge in [-0.25, -0.2) is 8.42 Å². The van der Waals surface area contributed by atoms with Gasteiger partial charge in [0.2, 0.25) is 0 Å². The van der Waals surface area contributed by atoms with Crippen molar-refractivity contribution in [3.05, 3.63) is 29.8 Å². The van der Waals surface area contributed by atoms with Gasteiger partial charge >= 0.3 is 0 Å². The lowest BCUT2D eigenvalue weighted by Gasteiger charge is -2.28. The van der Waals surface area contributed by atoms with Crippen molar-refractivity contribution in [3.63, 3.8) is 0 Å². The lowest BCUT2D eigenvalue weighted by Crippen LogP contribution is -2.45. The Morgan fingerprint density at radius 3 is 2.32 bits per heavy atom. The van der Waals surface area contributed by atoms with Crippen molar-refractivity contribution in [2.24, 2.45) is 0 Å². The van der Waals surface area contributed by atoms with Crippen LogP contribution in [0.25, 0.3) is 0 Å². The third-order valence-corrected chi connectivity index (χ3v) is 7.01. The zero-order valence-electron chi connectivity index (χ0n) is 13.8. The van der Waals surface area contributed by atoms with E-state index in [1.165, 1.54) is 11.8 Å². The summed E-state index contributed by atoms with van der Waals surface area (Å²) in [6.07, 6.45) is 4.99. The van der Waals surface area contributed by atoms with Crippen LogP contribution in [0.4, 0.5) is 0 Å². The second-order valence-electron chi connectivity index (χ2n) is 6.47. The highest BCUT2D eigenvalue weighted by atomic mass is 32.2. The van der Waals surface area contributed by atoms with Gasteiger partial charge in [-0.15, -0.1) is 0 Å². The van der Waals surface area contributed by atoms with Crippen LogP contribution in [0.2, 0.25) is 0 Å². The standard InChI is InChI=1S/C17H27NO3S/c1-14(15-6-8-16(21-2)9-7-15)12-18-13-17(22(3,19)20)10-4-5-11-17/h6-9,14,18H,4-5,10-13H2,1-3H3. The molecular formula is C17H27NO3S. The Hall–Kier alpha value is -1.07. The number of rotatable bonds is 7. The zero-order valence-corrected chi connectivity index (χ0v) is 14.6. The quantitative estimate of drug-likeness (QED) is 0.837. The van der Waals surface area contributed by atoms with E-state index in [1.807, 2.05) is 12.1 Å². The molecule has 124 valence electrons. The molecule has 0 spiro atoms. The maximum Gasteiger partial charge on any atom is 0.154 e. The molecule has 1 aliphatic carbocycles. The van der Waals surface area contributed by atoms with E-state index in [1.54, 1.807) is 7.11 Å². The third kappa shape index (κ3) is 3.82. The van der Waals surface area contributed by atoms with E-state index < -0.39 is 14.6 Å². The van der Waals surface area contributed by atoms with Crippen molar-refractivity contribution >= 4 is 9.84 Å². The fourth-order valence-corrected chi connectivity index (χ4v) is 4.66.